The maximum atomic E-state index is 12.5. The topological polar surface area (TPSA) is 80.7 Å². The smallest absolute Gasteiger partial charge is 0.291 e. The third-order valence-electron chi connectivity index (χ3n) is 3.98. The van der Waals surface area contributed by atoms with Gasteiger partial charge in [0.05, 0.1) is 0 Å². The van der Waals surface area contributed by atoms with Crippen LogP contribution in [-0.4, -0.2) is 14.3 Å². The minimum atomic E-state index is -0.472. The SMILES string of the molecule is Cc1c(C#N)c(=O)n(C)c2c(=O)n(C)nc(-c3ccccc3)c12. The van der Waals surface area contributed by atoms with Crippen LogP contribution in [-0.2, 0) is 14.1 Å². The van der Waals surface area contributed by atoms with Gasteiger partial charge in [-0.2, -0.15) is 10.4 Å². The zero-order valence-electron chi connectivity index (χ0n) is 13.0. The standard InChI is InChI=1S/C17H14N4O2/c1-10-12(9-18)16(22)20(2)15-13(10)14(19-21(3)17(15)23)11-7-5-4-6-8-11/h4-8H,1-3H3. The van der Waals surface area contributed by atoms with Gasteiger partial charge in [0.25, 0.3) is 11.1 Å². The average Bonchev–Trinajstić information content (AvgIpc) is 2.56. The quantitative estimate of drug-likeness (QED) is 0.682. The van der Waals surface area contributed by atoms with Gasteiger partial charge in [0.15, 0.2) is 0 Å². The molecule has 0 atom stereocenters. The highest BCUT2D eigenvalue weighted by molar-refractivity contribution is 5.95. The molecule has 0 N–H and O–H groups in total. The van der Waals surface area contributed by atoms with Crippen LogP contribution in [0.2, 0.25) is 0 Å². The van der Waals surface area contributed by atoms with Crippen LogP contribution < -0.4 is 11.1 Å². The highest BCUT2D eigenvalue weighted by atomic mass is 16.1. The first kappa shape index (κ1) is 14.7. The number of aromatic nitrogens is 3. The fourth-order valence-corrected chi connectivity index (χ4v) is 2.77. The Bertz CT molecular complexity index is 1090. The molecule has 0 spiro atoms. The number of nitrogens with zero attached hydrogens (tertiary/aromatic N) is 4. The molecule has 0 fully saturated rings. The van der Waals surface area contributed by atoms with Gasteiger partial charge in [0, 0.05) is 25.0 Å². The normalized spacial score (nSPS) is 10.7. The summed E-state index contributed by atoms with van der Waals surface area (Å²) in [5.74, 6) is 0. The van der Waals surface area contributed by atoms with Gasteiger partial charge in [-0.1, -0.05) is 30.3 Å². The van der Waals surface area contributed by atoms with Crippen LogP contribution in [0.15, 0.2) is 39.9 Å². The van der Waals surface area contributed by atoms with Crippen molar-refractivity contribution in [1.82, 2.24) is 14.3 Å². The van der Waals surface area contributed by atoms with Crippen molar-refractivity contribution in [3.05, 3.63) is 62.2 Å². The Labute approximate surface area is 131 Å². The molecule has 114 valence electrons. The van der Waals surface area contributed by atoms with E-state index < -0.39 is 5.56 Å². The fraction of sp³-hybridized carbons (Fsp3) is 0.176. The molecule has 6 heteroatoms. The van der Waals surface area contributed by atoms with Gasteiger partial charge in [-0.05, 0) is 12.5 Å². The summed E-state index contributed by atoms with van der Waals surface area (Å²) in [4.78, 5) is 24.8. The third-order valence-corrected chi connectivity index (χ3v) is 3.98. The highest BCUT2D eigenvalue weighted by Gasteiger charge is 2.20. The van der Waals surface area contributed by atoms with Crippen molar-refractivity contribution < 1.29 is 0 Å². The fourth-order valence-electron chi connectivity index (χ4n) is 2.77. The van der Waals surface area contributed by atoms with Crippen molar-refractivity contribution in [2.75, 3.05) is 0 Å². The summed E-state index contributed by atoms with van der Waals surface area (Å²) in [6.45, 7) is 1.68. The van der Waals surface area contributed by atoms with Gasteiger partial charge in [-0.3, -0.25) is 9.59 Å². The largest absolute Gasteiger partial charge is 0.305 e. The summed E-state index contributed by atoms with van der Waals surface area (Å²) in [6, 6.07) is 11.3. The second-order valence-electron chi connectivity index (χ2n) is 5.34. The van der Waals surface area contributed by atoms with Gasteiger partial charge in [-0.25, -0.2) is 4.68 Å². The summed E-state index contributed by atoms with van der Waals surface area (Å²) < 4.78 is 2.45. The first-order chi connectivity index (χ1) is 11.0. The molecule has 0 saturated carbocycles. The molecule has 2 heterocycles. The second-order valence-corrected chi connectivity index (χ2v) is 5.34. The van der Waals surface area contributed by atoms with E-state index in [2.05, 4.69) is 5.10 Å². The van der Waals surface area contributed by atoms with E-state index in [0.29, 0.717) is 16.6 Å². The van der Waals surface area contributed by atoms with Crippen LogP contribution in [0.5, 0.6) is 0 Å². The molecule has 0 aliphatic rings. The summed E-state index contributed by atoms with van der Waals surface area (Å²) in [5, 5.41) is 14.2. The number of rotatable bonds is 1. The van der Waals surface area contributed by atoms with Crippen molar-refractivity contribution >= 4 is 10.9 Å². The molecule has 0 radical (unpaired) electrons. The predicted molar refractivity (Wildman–Crippen MR) is 87.1 cm³/mol. The molecule has 3 rings (SSSR count). The van der Waals surface area contributed by atoms with Crippen molar-refractivity contribution in [3.63, 3.8) is 0 Å². The Morgan fingerprint density at radius 3 is 2.35 bits per heavy atom. The van der Waals surface area contributed by atoms with E-state index in [0.717, 1.165) is 5.56 Å². The number of benzene rings is 1. The van der Waals surface area contributed by atoms with E-state index in [1.54, 1.807) is 14.0 Å². The van der Waals surface area contributed by atoms with E-state index in [1.807, 2.05) is 36.4 Å². The number of hydrogen-bond acceptors (Lipinski definition) is 4. The van der Waals surface area contributed by atoms with Crippen molar-refractivity contribution in [1.29, 1.82) is 5.26 Å². The lowest BCUT2D eigenvalue weighted by Gasteiger charge is -2.14. The molecule has 0 amide bonds. The lowest BCUT2D eigenvalue weighted by Crippen LogP contribution is -2.30. The maximum absolute atomic E-state index is 12.5. The van der Waals surface area contributed by atoms with Crippen LogP contribution >= 0.6 is 0 Å². The minimum Gasteiger partial charge on any atom is -0.305 e. The molecule has 0 aliphatic heterocycles. The van der Waals surface area contributed by atoms with Crippen LogP contribution in [0.3, 0.4) is 0 Å². The Hall–Kier alpha value is -3.20. The van der Waals surface area contributed by atoms with Crippen LogP contribution in [0.1, 0.15) is 11.1 Å². The number of fused-ring (bicyclic) bond motifs is 1. The molecule has 23 heavy (non-hydrogen) atoms. The van der Waals surface area contributed by atoms with E-state index >= 15 is 0 Å². The van der Waals surface area contributed by atoms with Gasteiger partial charge in [0.1, 0.15) is 22.8 Å². The summed E-state index contributed by atoms with van der Waals surface area (Å²) in [6.07, 6.45) is 0. The zero-order chi connectivity index (χ0) is 16.7. The third kappa shape index (κ3) is 2.06. The molecular formula is C17H14N4O2. The Morgan fingerprint density at radius 2 is 1.74 bits per heavy atom. The lowest BCUT2D eigenvalue weighted by atomic mass is 10.0. The van der Waals surface area contributed by atoms with Gasteiger partial charge < -0.3 is 4.57 Å². The number of nitriles is 1. The van der Waals surface area contributed by atoms with E-state index in [1.165, 1.54) is 16.3 Å². The molecular weight excluding hydrogens is 292 g/mol. The molecule has 0 aliphatic carbocycles. The van der Waals surface area contributed by atoms with Crippen LogP contribution in [0.25, 0.3) is 22.2 Å². The van der Waals surface area contributed by atoms with Gasteiger partial charge >= 0.3 is 0 Å². The number of hydrogen-bond donors (Lipinski definition) is 0. The molecule has 6 nitrogen and oxygen atoms in total. The average molecular weight is 306 g/mol. The molecule has 3 aromatic rings. The monoisotopic (exact) mass is 306 g/mol. The van der Waals surface area contributed by atoms with Crippen LogP contribution in [0.4, 0.5) is 0 Å². The van der Waals surface area contributed by atoms with E-state index in [9.17, 15) is 14.9 Å². The predicted octanol–water partition coefficient (Wildman–Crippen LogP) is 1.48. The van der Waals surface area contributed by atoms with E-state index in [-0.39, 0.29) is 16.6 Å². The molecule has 0 unspecified atom stereocenters. The van der Waals surface area contributed by atoms with Crippen molar-refractivity contribution in [3.8, 4) is 17.3 Å². The van der Waals surface area contributed by atoms with E-state index in [4.69, 9.17) is 0 Å². The van der Waals surface area contributed by atoms with Crippen molar-refractivity contribution in [2.24, 2.45) is 14.1 Å². The Morgan fingerprint density at radius 1 is 1.09 bits per heavy atom. The summed E-state index contributed by atoms with van der Waals surface area (Å²) >= 11 is 0. The van der Waals surface area contributed by atoms with Crippen molar-refractivity contribution in [2.45, 2.75) is 6.92 Å². The molecule has 0 bridgehead atoms. The number of pyridine rings is 1. The second kappa shape index (κ2) is 5.21. The first-order valence-corrected chi connectivity index (χ1v) is 7.03. The first-order valence-electron chi connectivity index (χ1n) is 7.03. The number of aryl methyl sites for hydroxylation is 3. The zero-order valence-corrected chi connectivity index (χ0v) is 13.0. The maximum Gasteiger partial charge on any atom is 0.291 e. The Kier molecular flexibility index (Phi) is 3.34. The highest BCUT2D eigenvalue weighted by Crippen LogP contribution is 2.27. The molecule has 2 aromatic heterocycles. The van der Waals surface area contributed by atoms with Gasteiger partial charge in [0.2, 0.25) is 0 Å². The van der Waals surface area contributed by atoms with Crippen LogP contribution in [0, 0.1) is 18.3 Å². The molecule has 0 saturated heterocycles. The lowest BCUT2D eigenvalue weighted by molar-refractivity contribution is 0.711. The summed E-state index contributed by atoms with van der Waals surface area (Å²) in [5.41, 5.74) is 1.32. The Balaban J connectivity index is 2.66. The molecule has 1 aromatic carbocycles. The minimum absolute atomic E-state index is 0.0345. The van der Waals surface area contributed by atoms with Gasteiger partial charge in [-0.15, -0.1) is 0 Å². The summed E-state index contributed by atoms with van der Waals surface area (Å²) in [7, 11) is 3.05.